The smallest absolute Gasteiger partial charge is 0.381 e. The molecular weight excluding hydrogens is 423 g/mol. The van der Waals surface area contributed by atoms with Gasteiger partial charge in [0.15, 0.2) is 9.84 Å². The van der Waals surface area contributed by atoms with E-state index < -0.39 is 33.2 Å². The maximum Gasteiger partial charge on any atom is 0.420 e. The van der Waals surface area contributed by atoms with Crippen LogP contribution < -0.4 is 5.32 Å². The second-order valence-electron chi connectivity index (χ2n) is 7.33. The van der Waals surface area contributed by atoms with Crippen molar-refractivity contribution >= 4 is 21.4 Å². The predicted molar refractivity (Wildman–Crippen MR) is 103 cm³/mol. The number of nitrogens with one attached hydrogen (secondary N) is 1. The molecule has 2 heterocycles. The van der Waals surface area contributed by atoms with Crippen molar-refractivity contribution in [2.45, 2.75) is 37.4 Å². The highest BCUT2D eigenvalue weighted by molar-refractivity contribution is 7.90. The van der Waals surface area contributed by atoms with E-state index in [-0.39, 0.29) is 28.7 Å². The fourth-order valence-electron chi connectivity index (χ4n) is 3.47. The van der Waals surface area contributed by atoms with E-state index in [2.05, 4.69) is 10.4 Å². The van der Waals surface area contributed by atoms with Crippen LogP contribution in [0.1, 0.15) is 34.6 Å². The summed E-state index contributed by atoms with van der Waals surface area (Å²) >= 11 is 0. The summed E-state index contributed by atoms with van der Waals surface area (Å²) < 4.78 is 70.9. The van der Waals surface area contributed by atoms with Crippen LogP contribution in [0.5, 0.6) is 0 Å². The molecule has 1 aromatic heterocycles. The minimum Gasteiger partial charge on any atom is -0.381 e. The Labute approximate surface area is 172 Å². The lowest BCUT2D eigenvalue weighted by Crippen LogP contribution is -2.27. The lowest BCUT2D eigenvalue weighted by molar-refractivity contribution is -0.138. The number of ether oxygens (including phenoxy) is 1. The first kappa shape index (κ1) is 22.3. The fourth-order valence-corrected chi connectivity index (χ4v) is 4.14. The van der Waals surface area contributed by atoms with E-state index in [1.165, 1.54) is 31.2 Å². The number of aryl methyl sites for hydroxylation is 1. The van der Waals surface area contributed by atoms with E-state index in [4.69, 9.17) is 4.74 Å². The van der Waals surface area contributed by atoms with Crippen LogP contribution in [-0.4, -0.2) is 43.6 Å². The lowest BCUT2D eigenvalue weighted by Gasteiger charge is -2.22. The first-order chi connectivity index (χ1) is 14.0. The van der Waals surface area contributed by atoms with Crippen LogP contribution >= 0.6 is 0 Å². The minimum absolute atomic E-state index is 0.0552. The van der Waals surface area contributed by atoms with Crippen LogP contribution in [0.15, 0.2) is 29.2 Å². The van der Waals surface area contributed by atoms with E-state index in [0.717, 1.165) is 23.8 Å². The van der Waals surface area contributed by atoms with Gasteiger partial charge in [0.05, 0.1) is 17.2 Å². The van der Waals surface area contributed by atoms with Gasteiger partial charge in [0.1, 0.15) is 11.3 Å². The second kappa shape index (κ2) is 8.38. The summed E-state index contributed by atoms with van der Waals surface area (Å²) in [5.41, 5.74) is -1.93. The third-order valence-electron chi connectivity index (χ3n) is 4.83. The van der Waals surface area contributed by atoms with Crippen molar-refractivity contribution in [2.24, 2.45) is 5.92 Å². The summed E-state index contributed by atoms with van der Waals surface area (Å²) in [5.74, 6) is -1.07. The Morgan fingerprint density at radius 2 is 2.10 bits per heavy atom. The highest BCUT2D eigenvalue weighted by atomic mass is 32.2. The molecular formula is C19H22F3N3O4S. The Morgan fingerprint density at radius 1 is 1.37 bits per heavy atom. The van der Waals surface area contributed by atoms with Crippen LogP contribution in [0.4, 0.5) is 18.9 Å². The molecule has 1 aliphatic rings. The van der Waals surface area contributed by atoms with E-state index in [1.54, 1.807) is 0 Å². The largest absolute Gasteiger partial charge is 0.420 e. The van der Waals surface area contributed by atoms with Gasteiger partial charge in [0, 0.05) is 31.0 Å². The van der Waals surface area contributed by atoms with E-state index >= 15 is 0 Å². The molecule has 0 spiro atoms. The Bertz CT molecular complexity index is 1040. The maximum atomic E-state index is 13.7. The molecule has 0 aliphatic carbocycles. The molecule has 1 saturated heterocycles. The molecule has 1 aromatic carbocycles. The second-order valence-corrected chi connectivity index (χ2v) is 9.34. The molecule has 7 nitrogen and oxygen atoms in total. The standard InChI is InChI=1S/C19H22F3N3O4S/c1-12-16(19(20,21)22)17(25(24-12)10-13-5-4-8-29-11-13)18(26)23-14-6-3-7-15(9-14)30(2,27)28/h3,6-7,9,13H,4-5,8,10-11H2,1-2H3,(H,23,26). The van der Waals surface area contributed by atoms with Gasteiger partial charge in [-0.15, -0.1) is 0 Å². The molecule has 1 aliphatic heterocycles. The number of carbonyl (C=O) groups excluding carboxylic acids is 1. The molecule has 0 saturated carbocycles. The number of hydrogen-bond donors (Lipinski definition) is 1. The Kier molecular flexibility index (Phi) is 6.23. The quantitative estimate of drug-likeness (QED) is 0.763. The molecule has 0 bridgehead atoms. The van der Waals surface area contributed by atoms with Crippen molar-refractivity contribution in [1.29, 1.82) is 0 Å². The Morgan fingerprint density at radius 3 is 2.70 bits per heavy atom. The molecule has 11 heteroatoms. The Balaban J connectivity index is 1.97. The number of nitrogens with zero attached hydrogens (tertiary/aromatic N) is 2. The summed E-state index contributed by atoms with van der Waals surface area (Å²) in [4.78, 5) is 12.8. The number of alkyl halides is 3. The van der Waals surface area contributed by atoms with Gasteiger partial charge in [0.2, 0.25) is 0 Å². The molecule has 1 amide bonds. The number of rotatable bonds is 5. The molecule has 1 N–H and O–H groups in total. The van der Waals surface area contributed by atoms with Crippen molar-refractivity contribution in [1.82, 2.24) is 9.78 Å². The zero-order chi connectivity index (χ0) is 22.1. The van der Waals surface area contributed by atoms with Gasteiger partial charge in [-0.25, -0.2) is 8.42 Å². The van der Waals surface area contributed by atoms with Crippen LogP contribution in [0, 0.1) is 12.8 Å². The predicted octanol–water partition coefficient (Wildman–Crippen LogP) is 3.29. The van der Waals surface area contributed by atoms with Gasteiger partial charge in [-0.05, 0) is 38.0 Å². The van der Waals surface area contributed by atoms with Crippen molar-refractivity contribution in [3.8, 4) is 0 Å². The van der Waals surface area contributed by atoms with E-state index in [9.17, 15) is 26.4 Å². The third kappa shape index (κ3) is 5.01. The molecule has 1 fully saturated rings. The molecule has 1 unspecified atom stereocenters. The van der Waals surface area contributed by atoms with Crippen LogP contribution in [0.3, 0.4) is 0 Å². The highest BCUT2D eigenvalue weighted by Gasteiger charge is 2.41. The van der Waals surface area contributed by atoms with Crippen LogP contribution in [0.2, 0.25) is 0 Å². The molecule has 1 atom stereocenters. The van der Waals surface area contributed by atoms with Gasteiger partial charge in [-0.2, -0.15) is 18.3 Å². The van der Waals surface area contributed by atoms with Crippen LogP contribution in [-0.2, 0) is 27.3 Å². The zero-order valence-corrected chi connectivity index (χ0v) is 17.3. The summed E-state index contributed by atoms with van der Waals surface area (Å²) in [6.07, 6.45) is -2.22. The minimum atomic E-state index is -4.77. The molecule has 2 aromatic rings. The summed E-state index contributed by atoms with van der Waals surface area (Å²) in [7, 11) is -3.54. The number of anilines is 1. The van der Waals surface area contributed by atoms with Crippen molar-refractivity contribution in [2.75, 3.05) is 24.8 Å². The number of carbonyl (C=O) groups is 1. The number of sulfone groups is 1. The summed E-state index contributed by atoms with van der Waals surface area (Å²) in [5, 5.41) is 6.35. The average molecular weight is 445 g/mol. The molecule has 3 rings (SSSR count). The van der Waals surface area contributed by atoms with Crippen molar-refractivity contribution in [3.05, 3.63) is 41.2 Å². The monoisotopic (exact) mass is 445 g/mol. The first-order valence-electron chi connectivity index (χ1n) is 9.30. The first-order valence-corrected chi connectivity index (χ1v) is 11.2. The van der Waals surface area contributed by atoms with Gasteiger partial charge in [0.25, 0.3) is 5.91 Å². The van der Waals surface area contributed by atoms with Gasteiger partial charge in [-0.1, -0.05) is 6.07 Å². The third-order valence-corrected chi connectivity index (χ3v) is 5.94. The normalized spacial score (nSPS) is 17.7. The van der Waals surface area contributed by atoms with Crippen molar-refractivity contribution < 1.29 is 31.1 Å². The summed E-state index contributed by atoms with van der Waals surface area (Å²) in [6.45, 7) is 2.31. The zero-order valence-electron chi connectivity index (χ0n) is 16.5. The molecule has 164 valence electrons. The average Bonchev–Trinajstić information content (AvgIpc) is 2.98. The number of hydrogen-bond acceptors (Lipinski definition) is 5. The summed E-state index contributed by atoms with van der Waals surface area (Å²) in [6, 6.07) is 5.34. The lowest BCUT2D eigenvalue weighted by atomic mass is 10.0. The van der Waals surface area contributed by atoms with Crippen molar-refractivity contribution in [3.63, 3.8) is 0 Å². The fraction of sp³-hybridized carbons (Fsp3) is 0.474. The number of aromatic nitrogens is 2. The van der Waals surface area contributed by atoms with Gasteiger partial charge >= 0.3 is 6.18 Å². The highest BCUT2D eigenvalue weighted by Crippen LogP contribution is 2.35. The molecule has 0 radical (unpaired) electrons. The topological polar surface area (TPSA) is 90.3 Å². The SMILES string of the molecule is Cc1nn(CC2CCCOC2)c(C(=O)Nc2cccc(S(C)(=O)=O)c2)c1C(F)(F)F. The van der Waals surface area contributed by atoms with E-state index in [0.29, 0.717) is 13.2 Å². The molecule has 30 heavy (non-hydrogen) atoms. The van der Waals surface area contributed by atoms with Gasteiger partial charge in [-0.3, -0.25) is 9.48 Å². The van der Waals surface area contributed by atoms with E-state index in [1.807, 2.05) is 0 Å². The Hall–Kier alpha value is -2.40. The van der Waals surface area contributed by atoms with Crippen LogP contribution in [0.25, 0.3) is 0 Å². The number of halogens is 3. The number of benzene rings is 1. The maximum absolute atomic E-state index is 13.7. The number of amides is 1. The van der Waals surface area contributed by atoms with Gasteiger partial charge < -0.3 is 10.1 Å².